The summed E-state index contributed by atoms with van der Waals surface area (Å²) in [4.78, 5) is 18.6. The number of benzene rings is 1. The highest BCUT2D eigenvalue weighted by molar-refractivity contribution is 5.62. The molecule has 7 heteroatoms. The number of nitrogens with one attached hydrogen (secondary N) is 2. The lowest BCUT2D eigenvalue weighted by Gasteiger charge is -2.36. The Balaban J connectivity index is 1.26. The third-order valence-electron chi connectivity index (χ3n) is 8.96. The van der Waals surface area contributed by atoms with Crippen LogP contribution in [0, 0.1) is 12.8 Å². The molecule has 3 heterocycles. The minimum absolute atomic E-state index is 0.637. The second-order valence-corrected chi connectivity index (χ2v) is 11.7. The van der Waals surface area contributed by atoms with Crippen molar-refractivity contribution in [1.29, 1.82) is 0 Å². The molecule has 2 N–H and O–H groups in total. The number of ether oxygens (including phenoxy) is 1. The molecule has 1 aromatic carbocycles. The van der Waals surface area contributed by atoms with Crippen molar-refractivity contribution in [2.45, 2.75) is 64.2 Å². The van der Waals surface area contributed by atoms with Crippen molar-refractivity contribution in [3.8, 4) is 0 Å². The summed E-state index contributed by atoms with van der Waals surface area (Å²) in [5.41, 5.74) is 6.78. The Labute approximate surface area is 239 Å². The van der Waals surface area contributed by atoms with Crippen LogP contribution < -0.4 is 15.1 Å². The minimum atomic E-state index is 0.637. The second-order valence-electron chi connectivity index (χ2n) is 11.7. The molecule has 2 aromatic heterocycles. The van der Waals surface area contributed by atoms with Gasteiger partial charge in [-0.05, 0) is 87.5 Å². The van der Waals surface area contributed by atoms with Crippen molar-refractivity contribution >= 4 is 23.3 Å². The van der Waals surface area contributed by atoms with Crippen molar-refractivity contribution in [2.24, 2.45) is 5.92 Å². The molecule has 0 amide bonds. The predicted octanol–water partition coefficient (Wildman–Crippen LogP) is 6.54. The van der Waals surface area contributed by atoms with E-state index < -0.39 is 0 Å². The minimum Gasteiger partial charge on any atom is -0.383 e. The first-order valence-corrected chi connectivity index (χ1v) is 15.3. The van der Waals surface area contributed by atoms with E-state index in [2.05, 4.69) is 75.7 Å². The molecule has 6 rings (SSSR count). The van der Waals surface area contributed by atoms with Gasteiger partial charge in [0.25, 0.3) is 0 Å². The second kappa shape index (κ2) is 12.5. The summed E-state index contributed by atoms with van der Waals surface area (Å²) in [6.45, 7) is 6.45. The van der Waals surface area contributed by atoms with E-state index in [1.165, 1.54) is 48.9 Å². The maximum atomic E-state index is 5.53. The molecule has 2 aliphatic carbocycles. The van der Waals surface area contributed by atoms with Crippen LogP contribution in [0.2, 0.25) is 0 Å². The highest BCUT2D eigenvalue weighted by Gasteiger charge is 2.34. The number of hydrogen-bond acceptors (Lipinski definition) is 6. The lowest BCUT2D eigenvalue weighted by Crippen LogP contribution is -2.34. The first-order chi connectivity index (χ1) is 19.7. The van der Waals surface area contributed by atoms with Gasteiger partial charge in [-0.25, -0.2) is 0 Å². The fourth-order valence-corrected chi connectivity index (χ4v) is 6.44. The van der Waals surface area contributed by atoms with Crippen LogP contribution in [0.25, 0.3) is 0 Å². The van der Waals surface area contributed by atoms with Crippen LogP contribution in [0.1, 0.15) is 66.8 Å². The summed E-state index contributed by atoms with van der Waals surface area (Å²) >= 11 is 0. The zero-order valence-electron chi connectivity index (χ0n) is 24.2. The number of allylic oxidation sites excluding steroid dienone is 2. The molecule has 2 fully saturated rings. The van der Waals surface area contributed by atoms with Crippen LogP contribution in [0.3, 0.4) is 0 Å². The van der Waals surface area contributed by atoms with Crippen molar-refractivity contribution in [3.05, 3.63) is 71.1 Å². The number of H-pyrrole nitrogens is 1. The average Bonchev–Trinajstić information content (AvgIpc) is 3.34. The lowest BCUT2D eigenvalue weighted by atomic mass is 9.69. The number of hydrogen-bond donors (Lipinski definition) is 2. The first kappa shape index (κ1) is 26.9. The van der Waals surface area contributed by atoms with Gasteiger partial charge >= 0.3 is 0 Å². The quantitative estimate of drug-likeness (QED) is 0.285. The molecule has 0 spiro atoms. The van der Waals surface area contributed by atoms with Gasteiger partial charge in [-0.3, -0.25) is 0 Å². The van der Waals surface area contributed by atoms with E-state index in [-0.39, 0.29) is 0 Å². The molecule has 0 bridgehead atoms. The van der Waals surface area contributed by atoms with Crippen LogP contribution in [0.5, 0.6) is 0 Å². The Kier molecular flexibility index (Phi) is 8.37. The number of anilines is 4. The Bertz CT molecular complexity index is 1290. The number of aromatic amines is 1. The Hall–Kier alpha value is -3.32. The summed E-state index contributed by atoms with van der Waals surface area (Å²) in [7, 11) is 1.77. The van der Waals surface area contributed by atoms with E-state index >= 15 is 0 Å². The van der Waals surface area contributed by atoms with Gasteiger partial charge in [0.05, 0.1) is 6.61 Å². The van der Waals surface area contributed by atoms with E-state index in [0.717, 1.165) is 68.7 Å². The lowest BCUT2D eigenvalue weighted by molar-refractivity contribution is 0.205. The highest BCUT2D eigenvalue weighted by Crippen LogP contribution is 2.45. The topological polar surface area (TPSA) is 69.3 Å². The molecule has 0 radical (unpaired) electrons. The molecule has 2 unspecified atom stereocenters. The van der Waals surface area contributed by atoms with Crippen molar-refractivity contribution in [1.82, 2.24) is 15.0 Å². The Morgan fingerprint density at radius 2 is 1.93 bits per heavy atom. The summed E-state index contributed by atoms with van der Waals surface area (Å²) < 4.78 is 5.53. The highest BCUT2D eigenvalue weighted by atomic mass is 16.5. The zero-order valence-corrected chi connectivity index (χ0v) is 24.2. The van der Waals surface area contributed by atoms with Gasteiger partial charge in [0.1, 0.15) is 11.6 Å². The van der Waals surface area contributed by atoms with E-state index in [4.69, 9.17) is 14.7 Å². The molecule has 40 heavy (non-hydrogen) atoms. The van der Waals surface area contributed by atoms with Crippen LogP contribution in [0.15, 0.2) is 48.7 Å². The molecule has 2 atom stereocenters. The maximum Gasteiger partial charge on any atom is 0.229 e. The normalized spacial score (nSPS) is 21.0. The summed E-state index contributed by atoms with van der Waals surface area (Å²) in [6.07, 6.45) is 16.7. The molecule has 1 saturated heterocycles. The maximum absolute atomic E-state index is 5.53. The van der Waals surface area contributed by atoms with Gasteiger partial charge in [0.2, 0.25) is 5.95 Å². The van der Waals surface area contributed by atoms with Gasteiger partial charge in [-0.1, -0.05) is 29.8 Å². The third-order valence-corrected chi connectivity index (χ3v) is 8.96. The SMILES string of the molecule is COCCN(CCc1c[nH]c2c1CC/C=C\C1CCC21)c1nc(Nc2ccc(C)cc2)cc(N2CCCCC2)n1. The molecule has 1 aliphatic heterocycles. The molecule has 1 saturated carbocycles. The van der Waals surface area contributed by atoms with Gasteiger partial charge < -0.3 is 24.8 Å². The fourth-order valence-electron chi connectivity index (χ4n) is 6.44. The summed E-state index contributed by atoms with van der Waals surface area (Å²) in [5, 5.41) is 3.55. The van der Waals surface area contributed by atoms with Crippen LogP contribution in [-0.4, -0.2) is 54.8 Å². The van der Waals surface area contributed by atoms with Gasteiger partial charge in [-0.15, -0.1) is 0 Å². The van der Waals surface area contributed by atoms with E-state index in [9.17, 15) is 0 Å². The number of nitrogens with zero attached hydrogens (tertiary/aromatic N) is 4. The van der Waals surface area contributed by atoms with E-state index in [0.29, 0.717) is 18.4 Å². The third kappa shape index (κ3) is 6.04. The van der Waals surface area contributed by atoms with Crippen LogP contribution in [-0.2, 0) is 17.6 Å². The van der Waals surface area contributed by atoms with Crippen molar-refractivity contribution in [3.63, 3.8) is 0 Å². The van der Waals surface area contributed by atoms with Gasteiger partial charge in [0.15, 0.2) is 0 Å². The molecule has 3 aromatic rings. The van der Waals surface area contributed by atoms with Gasteiger partial charge in [0, 0.05) is 62.9 Å². The molecule has 7 nitrogen and oxygen atoms in total. The van der Waals surface area contributed by atoms with E-state index in [1.54, 1.807) is 12.7 Å². The first-order valence-electron chi connectivity index (χ1n) is 15.3. The fraction of sp³-hybridized carbons (Fsp3) is 0.515. The summed E-state index contributed by atoms with van der Waals surface area (Å²) in [5.74, 6) is 4.01. The smallest absolute Gasteiger partial charge is 0.229 e. The van der Waals surface area contributed by atoms with Crippen LogP contribution in [0.4, 0.5) is 23.3 Å². The number of methoxy groups -OCH3 is 1. The number of rotatable bonds is 10. The van der Waals surface area contributed by atoms with Crippen LogP contribution >= 0.6 is 0 Å². The zero-order chi connectivity index (χ0) is 27.3. The molecule has 212 valence electrons. The molecular formula is C33H44N6O. The Morgan fingerprint density at radius 1 is 1.07 bits per heavy atom. The van der Waals surface area contributed by atoms with Crippen molar-refractivity contribution in [2.75, 3.05) is 55.0 Å². The number of aryl methyl sites for hydroxylation is 1. The number of fused-ring (bicyclic) bond motifs is 3. The standard InChI is InChI=1S/C33H44N6O/c1-24-10-13-27(14-11-24)35-30-22-31(38-17-6-3-7-18-38)37-33(36-30)39(20-21-40-2)19-16-26-23-34-32-28(26)9-5-4-8-25-12-15-29(25)32/h4,8,10-11,13-14,22-23,25,29,34H,3,5-7,9,12,15-21H2,1-2H3,(H,35,36,37)/b8-4-. The Morgan fingerprint density at radius 3 is 2.70 bits per heavy atom. The molecule has 3 aliphatic rings. The predicted molar refractivity (Wildman–Crippen MR) is 164 cm³/mol. The van der Waals surface area contributed by atoms with Gasteiger partial charge in [-0.2, -0.15) is 9.97 Å². The largest absolute Gasteiger partial charge is 0.383 e. The van der Waals surface area contributed by atoms with E-state index in [1.807, 2.05) is 0 Å². The average molecular weight is 541 g/mol. The molecular weight excluding hydrogens is 496 g/mol. The van der Waals surface area contributed by atoms with Crippen molar-refractivity contribution < 1.29 is 4.74 Å². The monoisotopic (exact) mass is 540 g/mol. The number of piperidine rings is 1. The number of aromatic nitrogens is 3. The summed E-state index contributed by atoms with van der Waals surface area (Å²) in [6, 6.07) is 10.6.